The van der Waals surface area contributed by atoms with Gasteiger partial charge in [0.1, 0.15) is 0 Å². The van der Waals surface area contributed by atoms with Gasteiger partial charge in [-0.1, -0.05) is 24.3 Å². The fourth-order valence-corrected chi connectivity index (χ4v) is 3.01. The third-order valence-electron chi connectivity index (χ3n) is 4.30. The van der Waals surface area contributed by atoms with Gasteiger partial charge in [0.05, 0.1) is 0 Å². The van der Waals surface area contributed by atoms with Gasteiger partial charge < -0.3 is 0 Å². The molecule has 0 saturated heterocycles. The number of benzene rings is 1. The second-order valence-corrected chi connectivity index (χ2v) is 5.62. The summed E-state index contributed by atoms with van der Waals surface area (Å²) in [5.74, 6) is -0.395. The van der Waals surface area contributed by atoms with Gasteiger partial charge in [-0.05, 0) is 68.9 Å². The number of allylic oxidation sites excluding steroid dienone is 2. The summed E-state index contributed by atoms with van der Waals surface area (Å²) in [6, 6.07) is 3.46. The Hall–Kier alpha value is -1.18. The minimum Gasteiger partial charge on any atom is -0.203 e. The molecule has 0 N–H and O–H groups in total. The van der Waals surface area contributed by atoms with Crippen molar-refractivity contribution in [2.75, 3.05) is 0 Å². The Kier molecular flexibility index (Phi) is 4.73. The topological polar surface area (TPSA) is 0 Å². The van der Waals surface area contributed by atoms with Crippen LogP contribution in [0.4, 0.5) is 8.78 Å². The Labute approximate surface area is 114 Å². The first-order chi connectivity index (χ1) is 9.13. The minimum atomic E-state index is -0.673. The van der Waals surface area contributed by atoms with E-state index in [-0.39, 0.29) is 5.92 Å². The van der Waals surface area contributed by atoms with Crippen LogP contribution in [0.3, 0.4) is 0 Å². The van der Waals surface area contributed by atoms with E-state index in [1.165, 1.54) is 0 Å². The third-order valence-corrected chi connectivity index (χ3v) is 4.30. The highest BCUT2D eigenvalue weighted by atomic mass is 19.2. The summed E-state index contributed by atoms with van der Waals surface area (Å²) in [5, 5.41) is 0. The van der Waals surface area contributed by atoms with Gasteiger partial charge in [-0.2, -0.15) is 0 Å². The van der Waals surface area contributed by atoms with Crippen molar-refractivity contribution in [1.29, 1.82) is 0 Å². The molecule has 2 heteroatoms. The maximum atomic E-state index is 14.0. The maximum absolute atomic E-state index is 14.0. The number of aryl methyl sites for hydroxylation is 1. The maximum Gasteiger partial charge on any atom is 0.162 e. The van der Waals surface area contributed by atoms with Gasteiger partial charge in [0, 0.05) is 0 Å². The van der Waals surface area contributed by atoms with E-state index in [1.807, 2.05) is 6.92 Å². The fourth-order valence-electron chi connectivity index (χ4n) is 3.01. The number of hydrogen-bond acceptors (Lipinski definition) is 0. The van der Waals surface area contributed by atoms with Gasteiger partial charge in [-0.25, -0.2) is 8.78 Å². The normalized spacial score (nSPS) is 24.0. The molecular weight excluding hydrogens is 242 g/mol. The summed E-state index contributed by atoms with van der Waals surface area (Å²) in [4.78, 5) is 0. The Bertz CT molecular complexity index is 455. The van der Waals surface area contributed by atoms with Crippen molar-refractivity contribution in [1.82, 2.24) is 0 Å². The van der Waals surface area contributed by atoms with Crippen molar-refractivity contribution in [3.63, 3.8) is 0 Å². The highest BCUT2D eigenvalue weighted by Gasteiger charge is 2.25. The monoisotopic (exact) mass is 264 g/mol. The van der Waals surface area contributed by atoms with Crippen LogP contribution < -0.4 is 0 Å². The molecule has 1 aliphatic rings. The van der Waals surface area contributed by atoms with Crippen molar-refractivity contribution < 1.29 is 8.78 Å². The van der Waals surface area contributed by atoms with Gasteiger partial charge in [-0.3, -0.25) is 0 Å². The quantitative estimate of drug-likeness (QED) is 0.631. The number of hydrogen-bond donors (Lipinski definition) is 0. The van der Waals surface area contributed by atoms with E-state index < -0.39 is 11.6 Å². The lowest BCUT2D eigenvalue weighted by Crippen LogP contribution is -2.14. The average Bonchev–Trinajstić information content (AvgIpc) is 2.44. The van der Waals surface area contributed by atoms with E-state index in [0.29, 0.717) is 17.0 Å². The molecule has 1 saturated carbocycles. The predicted octanol–water partition coefficient (Wildman–Crippen LogP) is 5.51. The molecule has 1 aromatic rings. The van der Waals surface area contributed by atoms with E-state index in [0.717, 1.165) is 32.1 Å². The van der Waals surface area contributed by atoms with Crippen LogP contribution in [-0.4, -0.2) is 0 Å². The summed E-state index contributed by atoms with van der Waals surface area (Å²) >= 11 is 0. The van der Waals surface area contributed by atoms with Crippen LogP contribution in [0.1, 0.15) is 56.1 Å². The molecule has 0 atom stereocenters. The smallest absolute Gasteiger partial charge is 0.162 e. The van der Waals surface area contributed by atoms with Gasteiger partial charge >= 0.3 is 0 Å². The molecule has 0 heterocycles. The Morgan fingerprint density at radius 3 is 2.42 bits per heavy atom. The molecule has 0 unspecified atom stereocenters. The van der Waals surface area contributed by atoms with Crippen LogP contribution in [0.5, 0.6) is 0 Å². The lowest BCUT2D eigenvalue weighted by molar-refractivity contribution is 0.321. The van der Waals surface area contributed by atoms with Crippen LogP contribution in [0.15, 0.2) is 24.3 Å². The summed E-state index contributed by atoms with van der Waals surface area (Å²) in [5.41, 5.74) is 0.968. The highest BCUT2D eigenvalue weighted by molar-refractivity contribution is 5.28. The predicted molar refractivity (Wildman–Crippen MR) is 75.2 cm³/mol. The molecule has 1 aromatic carbocycles. The molecule has 2 rings (SSSR count). The van der Waals surface area contributed by atoms with Crippen molar-refractivity contribution in [3.05, 3.63) is 47.0 Å². The lowest BCUT2D eigenvalue weighted by atomic mass is 9.77. The molecular formula is C17H22F2. The molecule has 0 radical (unpaired) electrons. The fraction of sp³-hybridized carbons (Fsp3) is 0.529. The van der Waals surface area contributed by atoms with Crippen molar-refractivity contribution in [3.8, 4) is 0 Å². The molecule has 0 bridgehead atoms. The molecule has 0 spiro atoms. The molecule has 1 fully saturated rings. The Balaban J connectivity index is 2.04. The minimum absolute atomic E-state index is 0.192. The standard InChI is InChI=1S/C17H22F2/c1-3-4-5-13-7-9-14(10-8-13)15-11-6-12(2)16(18)17(15)19/h3-4,6,11,13-14H,5,7-10H2,1-2H3. The molecule has 0 aromatic heterocycles. The van der Waals surface area contributed by atoms with Crippen molar-refractivity contribution in [2.24, 2.45) is 5.92 Å². The van der Waals surface area contributed by atoms with Crippen molar-refractivity contribution in [2.45, 2.75) is 51.9 Å². The van der Waals surface area contributed by atoms with Gasteiger partial charge in [0.2, 0.25) is 0 Å². The average molecular weight is 264 g/mol. The van der Waals surface area contributed by atoms with Crippen LogP contribution in [0.2, 0.25) is 0 Å². The van der Waals surface area contributed by atoms with E-state index in [9.17, 15) is 8.78 Å². The summed E-state index contributed by atoms with van der Waals surface area (Å²) < 4.78 is 27.6. The molecule has 1 aliphatic carbocycles. The zero-order chi connectivity index (χ0) is 13.8. The Morgan fingerprint density at radius 1 is 1.11 bits per heavy atom. The van der Waals surface area contributed by atoms with E-state index in [1.54, 1.807) is 19.1 Å². The number of halogens is 2. The zero-order valence-electron chi connectivity index (χ0n) is 11.8. The van der Waals surface area contributed by atoms with Crippen LogP contribution >= 0.6 is 0 Å². The third kappa shape index (κ3) is 3.23. The largest absolute Gasteiger partial charge is 0.203 e. The second kappa shape index (κ2) is 6.31. The first-order valence-corrected chi connectivity index (χ1v) is 7.19. The summed E-state index contributed by atoms with van der Waals surface area (Å²) in [6.07, 6.45) is 9.59. The molecule has 0 nitrogen and oxygen atoms in total. The second-order valence-electron chi connectivity index (χ2n) is 5.62. The van der Waals surface area contributed by atoms with Gasteiger partial charge in [0.15, 0.2) is 11.6 Å². The first-order valence-electron chi connectivity index (χ1n) is 7.19. The van der Waals surface area contributed by atoms with Gasteiger partial charge in [-0.15, -0.1) is 0 Å². The van der Waals surface area contributed by atoms with E-state index in [4.69, 9.17) is 0 Å². The van der Waals surface area contributed by atoms with Gasteiger partial charge in [0.25, 0.3) is 0 Å². The number of rotatable bonds is 3. The molecule has 0 amide bonds. The summed E-state index contributed by atoms with van der Waals surface area (Å²) in [7, 11) is 0. The Morgan fingerprint density at radius 2 is 1.79 bits per heavy atom. The first kappa shape index (κ1) is 14.2. The molecule has 19 heavy (non-hydrogen) atoms. The molecule has 0 aliphatic heterocycles. The summed E-state index contributed by atoms with van der Waals surface area (Å²) in [6.45, 7) is 3.65. The zero-order valence-corrected chi connectivity index (χ0v) is 11.8. The van der Waals surface area contributed by atoms with E-state index >= 15 is 0 Å². The molecule has 104 valence electrons. The van der Waals surface area contributed by atoms with E-state index in [2.05, 4.69) is 12.2 Å². The van der Waals surface area contributed by atoms with Crippen LogP contribution in [0, 0.1) is 24.5 Å². The van der Waals surface area contributed by atoms with Crippen molar-refractivity contribution >= 4 is 0 Å². The SMILES string of the molecule is CC=CCC1CCC(c2ccc(C)c(F)c2F)CC1. The lowest BCUT2D eigenvalue weighted by Gasteiger charge is -2.28. The van der Waals surface area contributed by atoms with Crippen LogP contribution in [0.25, 0.3) is 0 Å². The highest BCUT2D eigenvalue weighted by Crippen LogP contribution is 2.38. The van der Waals surface area contributed by atoms with Crippen LogP contribution in [-0.2, 0) is 0 Å².